The van der Waals surface area contributed by atoms with Crippen LogP contribution in [0.2, 0.25) is 5.02 Å². The fourth-order valence-electron chi connectivity index (χ4n) is 2.52. The lowest BCUT2D eigenvalue weighted by molar-refractivity contribution is 0.412. The van der Waals surface area contributed by atoms with Gasteiger partial charge in [0.1, 0.15) is 10.7 Å². The molecular weight excluding hydrogens is 316 g/mol. The minimum absolute atomic E-state index is 0.436. The number of anilines is 1. The average molecular weight is 331 g/mol. The van der Waals surface area contributed by atoms with Crippen molar-refractivity contribution in [1.82, 2.24) is 0 Å². The van der Waals surface area contributed by atoms with Crippen LogP contribution in [-0.2, 0) is 0 Å². The van der Waals surface area contributed by atoms with E-state index >= 15 is 0 Å². The van der Waals surface area contributed by atoms with Gasteiger partial charge in [-0.2, -0.15) is 0 Å². The van der Waals surface area contributed by atoms with Crippen LogP contribution >= 0.6 is 23.8 Å². The maximum absolute atomic E-state index is 6.35. The summed E-state index contributed by atoms with van der Waals surface area (Å²) in [5.74, 6) is 0.814. The number of benzodiazepines with no additional fused rings is 1. The number of hydrogen-bond donors (Lipinski definition) is 1. The molecule has 1 aliphatic heterocycles. The van der Waals surface area contributed by atoms with Crippen molar-refractivity contribution in [1.29, 1.82) is 0 Å². The Kier molecular flexibility index (Phi) is 4.14. The third kappa shape index (κ3) is 2.72. The number of benzene rings is 2. The van der Waals surface area contributed by atoms with Crippen LogP contribution in [0.4, 0.5) is 5.69 Å². The van der Waals surface area contributed by atoms with Gasteiger partial charge in [-0.05, 0) is 24.6 Å². The molecule has 0 fully saturated rings. The van der Waals surface area contributed by atoms with Crippen molar-refractivity contribution < 1.29 is 4.74 Å². The van der Waals surface area contributed by atoms with Crippen LogP contribution in [0.3, 0.4) is 0 Å². The first-order chi connectivity index (χ1) is 10.6. The molecule has 0 aliphatic carbocycles. The Balaban J connectivity index is 2.23. The van der Waals surface area contributed by atoms with E-state index in [4.69, 9.17) is 28.6 Å². The molecule has 0 saturated carbocycles. The van der Waals surface area contributed by atoms with E-state index in [1.165, 1.54) is 0 Å². The smallest absolute Gasteiger partial charge is 0.123 e. The Bertz CT molecular complexity index is 786. The fraction of sp³-hybridized carbons (Fsp3) is 0.176. The lowest BCUT2D eigenvalue weighted by atomic mass is 9.98. The number of aryl methyl sites for hydroxylation is 1. The van der Waals surface area contributed by atoms with Crippen LogP contribution in [0.25, 0.3) is 0 Å². The number of thiocarbonyl (C=S) groups is 1. The summed E-state index contributed by atoms with van der Waals surface area (Å²) in [7, 11) is 1.66. The van der Waals surface area contributed by atoms with E-state index in [0.717, 1.165) is 33.8 Å². The van der Waals surface area contributed by atoms with Crippen LogP contribution in [0.5, 0.6) is 5.75 Å². The minimum atomic E-state index is 0.436. The van der Waals surface area contributed by atoms with Crippen LogP contribution in [0, 0.1) is 6.92 Å². The largest absolute Gasteiger partial charge is 0.496 e. The lowest BCUT2D eigenvalue weighted by Gasteiger charge is -2.15. The molecule has 5 heteroatoms. The quantitative estimate of drug-likeness (QED) is 0.836. The number of halogens is 1. The summed E-state index contributed by atoms with van der Waals surface area (Å²) in [6, 6.07) is 11.7. The van der Waals surface area contributed by atoms with Crippen molar-refractivity contribution in [3.05, 3.63) is 58.1 Å². The van der Waals surface area contributed by atoms with Gasteiger partial charge in [-0.3, -0.25) is 4.99 Å². The van der Waals surface area contributed by atoms with Gasteiger partial charge in [0, 0.05) is 22.2 Å². The van der Waals surface area contributed by atoms with Gasteiger partial charge in [-0.1, -0.05) is 42.0 Å². The Morgan fingerprint density at radius 1 is 1.23 bits per heavy atom. The third-order valence-electron chi connectivity index (χ3n) is 3.57. The topological polar surface area (TPSA) is 33.6 Å². The molecule has 112 valence electrons. The first-order valence-electron chi connectivity index (χ1n) is 6.88. The average Bonchev–Trinajstić information content (AvgIpc) is 2.65. The first kappa shape index (κ1) is 15.0. The molecule has 1 N–H and O–H groups in total. The normalized spacial score (nSPS) is 13.8. The van der Waals surface area contributed by atoms with Crippen molar-refractivity contribution in [3.63, 3.8) is 0 Å². The SMILES string of the molecule is COc1cc2c(cc1C)C(c1ccccc1Cl)=NCC(=S)N2. The second-order valence-electron chi connectivity index (χ2n) is 5.06. The molecule has 1 aliphatic rings. The number of nitrogens with zero attached hydrogens (tertiary/aromatic N) is 1. The lowest BCUT2D eigenvalue weighted by Crippen LogP contribution is -2.11. The Morgan fingerprint density at radius 2 is 2.00 bits per heavy atom. The number of aliphatic imine (C=N–C) groups is 1. The minimum Gasteiger partial charge on any atom is -0.496 e. The molecule has 3 rings (SSSR count). The predicted octanol–water partition coefficient (Wildman–Crippen LogP) is 4.25. The maximum Gasteiger partial charge on any atom is 0.123 e. The highest BCUT2D eigenvalue weighted by Gasteiger charge is 2.20. The van der Waals surface area contributed by atoms with Crippen molar-refractivity contribution in [3.8, 4) is 5.75 Å². The molecule has 0 unspecified atom stereocenters. The van der Waals surface area contributed by atoms with Gasteiger partial charge in [-0.15, -0.1) is 0 Å². The molecule has 0 bridgehead atoms. The number of rotatable bonds is 2. The molecule has 1 heterocycles. The van der Waals surface area contributed by atoms with Gasteiger partial charge >= 0.3 is 0 Å². The monoisotopic (exact) mass is 330 g/mol. The van der Waals surface area contributed by atoms with E-state index in [1.807, 2.05) is 37.3 Å². The Morgan fingerprint density at radius 3 is 2.73 bits per heavy atom. The highest BCUT2D eigenvalue weighted by molar-refractivity contribution is 7.80. The molecule has 22 heavy (non-hydrogen) atoms. The second kappa shape index (κ2) is 6.07. The predicted molar refractivity (Wildman–Crippen MR) is 95.9 cm³/mol. The molecule has 0 radical (unpaired) electrons. The summed E-state index contributed by atoms with van der Waals surface area (Å²) in [4.78, 5) is 5.34. The molecular formula is C17H15ClN2OS. The Hall–Kier alpha value is -1.91. The molecule has 2 aromatic rings. The summed E-state index contributed by atoms with van der Waals surface area (Å²) in [6.07, 6.45) is 0. The van der Waals surface area contributed by atoms with E-state index in [2.05, 4.69) is 16.4 Å². The molecule has 0 amide bonds. The van der Waals surface area contributed by atoms with Gasteiger partial charge in [0.25, 0.3) is 0 Å². The summed E-state index contributed by atoms with van der Waals surface area (Å²) < 4.78 is 5.40. The number of hydrogen-bond acceptors (Lipinski definition) is 3. The van der Waals surface area contributed by atoms with Gasteiger partial charge in [0.05, 0.1) is 25.1 Å². The molecule has 0 atom stereocenters. The van der Waals surface area contributed by atoms with Crippen LogP contribution < -0.4 is 10.1 Å². The van der Waals surface area contributed by atoms with E-state index in [9.17, 15) is 0 Å². The molecule has 2 aromatic carbocycles. The number of nitrogens with one attached hydrogen (secondary N) is 1. The number of fused-ring (bicyclic) bond motifs is 1. The summed E-state index contributed by atoms with van der Waals surface area (Å²) in [5, 5.41) is 3.91. The molecule has 0 spiro atoms. The zero-order chi connectivity index (χ0) is 15.7. The van der Waals surface area contributed by atoms with E-state index in [0.29, 0.717) is 16.6 Å². The van der Waals surface area contributed by atoms with Gasteiger partial charge in [0.15, 0.2) is 0 Å². The molecule has 3 nitrogen and oxygen atoms in total. The first-order valence-corrected chi connectivity index (χ1v) is 7.67. The number of methoxy groups -OCH3 is 1. The highest BCUT2D eigenvalue weighted by Crippen LogP contribution is 2.32. The molecule has 0 saturated heterocycles. The zero-order valence-electron chi connectivity index (χ0n) is 12.3. The summed E-state index contributed by atoms with van der Waals surface area (Å²) >= 11 is 11.7. The Labute approximate surface area is 140 Å². The van der Waals surface area contributed by atoms with Crippen LogP contribution in [0.1, 0.15) is 16.7 Å². The van der Waals surface area contributed by atoms with Crippen LogP contribution in [-0.4, -0.2) is 24.4 Å². The van der Waals surface area contributed by atoms with E-state index in [-0.39, 0.29) is 0 Å². The summed E-state index contributed by atoms with van der Waals surface area (Å²) in [5.41, 5.74) is 4.66. The zero-order valence-corrected chi connectivity index (χ0v) is 13.9. The highest BCUT2D eigenvalue weighted by atomic mass is 35.5. The van der Waals surface area contributed by atoms with Crippen molar-refractivity contribution >= 4 is 40.2 Å². The molecule has 0 aromatic heterocycles. The van der Waals surface area contributed by atoms with Gasteiger partial charge in [0.2, 0.25) is 0 Å². The maximum atomic E-state index is 6.35. The number of ether oxygens (including phenoxy) is 1. The van der Waals surface area contributed by atoms with E-state index < -0.39 is 0 Å². The van der Waals surface area contributed by atoms with Crippen molar-refractivity contribution in [2.75, 3.05) is 19.0 Å². The van der Waals surface area contributed by atoms with Crippen LogP contribution in [0.15, 0.2) is 41.4 Å². The summed E-state index contributed by atoms with van der Waals surface area (Å²) in [6.45, 7) is 2.44. The van der Waals surface area contributed by atoms with Gasteiger partial charge in [-0.25, -0.2) is 0 Å². The standard InChI is InChI=1S/C17H15ClN2OS/c1-10-7-12-14(8-15(10)21-2)20-16(22)9-19-17(12)11-5-3-4-6-13(11)18/h3-8H,9H2,1-2H3,(H,20,22). The van der Waals surface area contributed by atoms with Gasteiger partial charge < -0.3 is 10.1 Å². The van der Waals surface area contributed by atoms with Crippen molar-refractivity contribution in [2.24, 2.45) is 4.99 Å². The van der Waals surface area contributed by atoms with E-state index in [1.54, 1.807) is 7.11 Å². The third-order valence-corrected chi connectivity index (χ3v) is 4.13. The fourth-order valence-corrected chi connectivity index (χ4v) is 2.92. The second-order valence-corrected chi connectivity index (χ2v) is 5.96. The van der Waals surface area contributed by atoms with Crippen molar-refractivity contribution in [2.45, 2.75) is 6.92 Å².